The van der Waals surface area contributed by atoms with Crippen LogP contribution >= 0.6 is 11.6 Å². The van der Waals surface area contributed by atoms with Crippen LogP contribution in [0.25, 0.3) is 5.65 Å². The number of pyridine rings is 2. The number of rotatable bonds is 6. The molecule has 0 N–H and O–H groups in total. The lowest BCUT2D eigenvalue weighted by Crippen LogP contribution is -2.32. The lowest BCUT2D eigenvalue weighted by Gasteiger charge is -2.34. The van der Waals surface area contributed by atoms with Crippen molar-refractivity contribution in [3.63, 3.8) is 0 Å². The quantitative estimate of drug-likeness (QED) is 0.428. The maximum atomic E-state index is 7.07. The summed E-state index contributed by atoms with van der Waals surface area (Å²) in [5.41, 5.74) is 4.57. The summed E-state index contributed by atoms with van der Waals surface area (Å²) in [6, 6.07) is 11.0. The van der Waals surface area contributed by atoms with Gasteiger partial charge in [0.2, 0.25) is 0 Å². The molecule has 1 aliphatic heterocycles. The van der Waals surface area contributed by atoms with Crippen LogP contribution in [0.1, 0.15) is 75.4 Å². The van der Waals surface area contributed by atoms with Crippen LogP contribution in [-0.2, 0) is 13.0 Å². The summed E-state index contributed by atoms with van der Waals surface area (Å²) in [5, 5.41) is 0.760. The third-order valence-electron chi connectivity index (χ3n) is 7.44. The summed E-state index contributed by atoms with van der Waals surface area (Å²) in [6.45, 7) is 8.55. The van der Waals surface area contributed by atoms with E-state index in [0.29, 0.717) is 6.04 Å². The van der Waals surface area contributed by atoms with Crippen LogP contribution in [0.3, 0.4) is 0 Å². The normalized spacial score (nSPS) is 21.4. The van der Waals surface area contributed by atoms with Gasteiger partial charge in [0.15, 0.2) is 0 Å². The van der Waals surface area contributed by atoms with Gasteiger partial charge in [-0.2, -0.15) is 0 Å². The average Bonchev–Trinajstić information content (AvgIpc) is 3.00. The molecule has 0 radical (unpaired) electrons. The highest BCUT2D eigenvalue weighted by atomic mass is 35.5. The van der Waals surface area contributed by atoms with E-state index in [1.165, 1.54) is 42.8 Å². The van der Waals surface area contributed by atoms with Crippen molar-refractivity contribution in [2.45, 2.75) is 71.4 Å². The van der Waals surface area contributed by atoms with Gasteiger partial charge in [0.05, 0.1) is 17.4 Å². The predicted molar refractivity (Wildman–Crippen MR) is 136 cm³/mol. The number of imidazole rings is 1. The van der Waals surface area contributed by atoms with Crippen LogP contribution in [0.4, 0.5) is 5.82 Å². The smallest absolute Gasteiger partial charge is 0.139 e. The van der Waals surface area contributed by atoms with E-state index in [1.807, 2.05) is 6.20 Å². The highest BCUT2D eigenvalue weighted by Crippen LogP contribution is 2.35. The van der Waals surface area contributed by atoms with E-state index in [1.54, 1.807) is 0 Å². The van der Waals surface area contributed by atoms with Gasteiger partial charge in [-0.25, -0.2) is 4.98 Å². The van der Waals surface area contributed by atoms with Crippen molar-refractivity contribution in [1.29, 1.82) is 0 Å². The molecule has 2 atom stereocenters. The van der Waals surface area contributed by atoms with E-state index < -0.39 is 0 Å². The molecule has 1 saturated heterocycles. The van der Waals surface area contributed by atoms with Crippen molar-refractivity contribution in [2.75, 3.05) is 24.5 Å². The highest BCUT2D eigenvalue weighted by molar-refractivity contribution is 6.30. The second-order valence-corrected chi connectivity index (χ2v) is 10.2. The van der Waals surface area contributed by atoms with E-state index in [0.717, 1.165) is 67.9 Å². The molecule has 1 aliphatic carbocycles. The highest BCUT2D eigenvalue weighted by Gasteiger charge is 2.28. The lowest BCUT2D eigenvalue weighted by atomic mass is 9.90. The molecular weight excluding hydrogens is 430 g/mol. The van der Waals surface area contributed by atoms with Gasteiger partial charge < -0.3 is 4.90 Å². The number of fused-ring (bicyclic) bond motifs is 2. The Labute approximate surface area is 202 Å². The third-order valence-corrected chi connectivity index (χ3v) is 7.83. The van der Waals surface area contributed by atoms with Crippen LogP contribution in [0.15, 0.2) is 36.5 Å². The van der Waals surface area contributed by atoms with E-state index in [2.05, 4.69) is 58.4 Å². The number of hydrogen-bond donors (Lipinski definition) is 0. The van der Waals surface area contributed by atoms with Crippen molar-refractivity contribution in [1.82, 2.24) is 19.3 Å². The molecule has 33 heavy (non-hydrogen) atoms. The van der Waals surface area contributed by atoms with Gasteiger partial charge in [-0.15, -0.1) is 0 Å². The first-order chi connectivity index (χ1) is 16.2. The monoisotopic (exact) mass is 465 g/mol. The zero-order valence-corrected chi connectivity index (χ0v) is 20.8. The van der Waals surface area contributed by atoms with Crippen molar-refractivity contribution < 1.29 is 0 Å². The predicted octanol–water partition coefficient (Wildman–Crippen LogP) is 6.30. The molecule has 5 rings (SSSR count). The Morgan fingerprint density at radius 2 is 2.00 bits per heavy atom. The van der Waals surface area contributed by atoms with Crippen LogP contribution in [0, 0.1) is 5.92 Å². The Morgan fingerprint density at radius 3 is 2.88 bits per heavy atom. The fraction of sp³-hybridized carbons (Fsp3) is 0.556. The van der Waals surface area contributed by atoms with E-state index in [4.69, 9.17) is 21.6 Å². The van der Waals surface area contributed by atoms with Gasteiger partial charge in [-0.05, 0) is 81.2 Å². The average molecular weight is 466 g/mol. The molecule has 6 heteroatoms. The molecule has 5 nitrogen and oxygen atoms in total. The Hall–Kier alpha value is -2.11. The molecule has 3 aromatic heterocycles. The third kappa shape index (κ3) is 4.63. The summed E-state index contributed by atoms with van der Waals surface area (Å²) in [6.07, 6.45) is 10.3. The summed E-state index contributed by atoms with van der Waals surface area (Å²) in [7, 11) is 0. The first kappa shape index (κ1) is 22.7. The summed E-state index contributed by atoms with van der Waals surface area (Å²) >= 11 is 7.07. The fourth-order valence-electron chi connectivity index (χ4n) is 5.69. The summed E-state index contributed by atoms with van der Waals surface area (Å²) in [4.78, 5) is 14.9. The second kappa shape index (κ2) is 10.0. The van der Waals surface area contributed by atoms with Crippen molar-refractivity contribution >= 4 is 23.1 Å². The molecule has 0 spiro atoms. The molecule has 1 fully saturated rings. The number of nitrogens with zero attached hydrogens (tertiary/aromatic N) is 5. The summed E-state index contributed by atoms with van der Waals surface area (Å²) < 4.78 is 2.17. The van der Waals surface area contributed by atoms with Crippen molar-refractivity contribution in [3.05, 3.63) is 58.6 Å². The molecule has 0 saturated carbocycles. The first-order valence-electron chi connectivity index (χ1n) is 12.7. The standard InChI is InChI=1S/C27H36ClN5/c1-3-16-32(23-11-4-9-21-10-6-15-29-26(21)23)19-22-27(28)33-24(30-22)12-5-13-25(33)31-17-7-8-20(2)14-18-31/h5-6,10,12-13,15,20,23H,3-4,7-9,11,14,16-19H2,1-2H3/t20-,23?/m0/s1. The van der Waals surface area contributed by atoms with E-state index in [-0.39, 0.29) is 0 Å². The second-order valence-electron chi connectivity index (χ2n) is 9.88. The van der Waals surface area contributed by atoms with Gasteiger partial charge >= 0.3 is 0 Å². The van der Waals surface area contributed by atoms with E-state index in [9.17, 15) is 0 Å². The van der Waals surface area contributed by atoms with Crippen LogP contribution in [-0.4, -0.2) is 38.9 Å². The Bertz CT molecular complexity index is 1090. The molecule has 3 aromatic rings. The van der Waals surface area contributed by atoms with Crippen LogP contribution < -0.4 is 4.90 Å². The van der Waals surface area contributed by atoms with Crippen molar-refractivity contribution in [3.8, 4) is 0 Å². The Kier molecular flexibility index (Phi) is 6.89. The minimum atomic E-state index is 0.336. The van der Waals surface area contributed by atoms with Crippen LogP contribution in [0.5, 0.6) is 0 Å². The SMILES string of the molecule is CCCN(Cc1nc2cccc(N3CCC[C@H](C)CC3)n2c1Cl)C1CCCc2cccnc21. The molecule has 1 unspecified atom stereocenters. The molecule has 0 aromatic carbocycles. The molecule has 176 valence electrons. The fourth-order valence-corrected chi connectivity index (χ4v) is 5.97. The van der Waals surface area contributed by atoms with Crippen molar-refractivity contribution in [2.24, 2.45) is 5.92 Å². The number of aryl methyl sites for hydroxylation is 1. The first-order valence-corrected chi connectivity index (χ1v) is 13.1. The molecule has 0 bridgehead atoms. The van der Waals surface area contributed by atoms with E-state index >= 15 is 0 Å². The minimum absolute atomic E-state index is 0.336. The zero-order chi connectivity index (χ0) is 22.8. The molecule has 2 aliphatic rings. The topological polar surface area (TPSA) is 36.7 Å². The maximum absolute atomic E-state index is 7.07. The number of hydrogen-bond acceptors (Lipinski definition) is 4. The number of anilines is 1. The number of aromatic nitrogens is 3. The van der Waals surface area contributed by atoms with Gasteiger partial charge in [0.1, 0.15) is 16.6 Å². The van der Waals surface area contributed by atoms with Crippen LogP contribution in [0.2, 0.25) is 5.15 Å². The van der Waals surface area contributed by atoms with Gasteiger partial charge in [0, 0.05) is 25.8 Å². The Morgan fingerprint density at radius 1 is 1.09 bits per heavy atom. The number of halogens is 1. The lowest BCUT2D eigenvalue weighted by molar-refractivity contribution is 0.164. The Balaban J connectivity index is 1.47. The van der Waals surface area contributed by atoms with Gasteiger partial charge in [-0.1, -0.05) is 37.6 Å². The van der Waals surface area contributed by atoms with Gasteiger partial charge in [-0.3, -0.25) is 14.3 Å². The molecular formula is C27H36ClN5. The molecule has 4 heterocycles. The largest absolute Gasteiger partial charge is 0.358 e. The maximum Gasteiger partial charge on any atom is 0.139 e. The summed E-state index contributed by atoms with van der Waals surface area (Å²) in [5.74, 6) is 1.97. The molecule has 0 amide bonds. The minimum Gasteiger partial charge on any atom is -0.358 e. The zero-order valence-electron chi connectivity index (χ0n) is 20.0. The van der Waals surface area contributed by atoms with Gasteiger partial charge in [0.25, 0.3) is 0 Å².